The summed E-state index contributed by atoms with van der Waals surface area (Å²) in [6.45, 7) is 7.47. The summed E-state index contributed by atoms with van der Waals surface area (Å²) in [5, 5.41) is 0. The molecular formula is C14H22O7. The van der Waals surface area contributed by atoms with Crippen molar-refractivity contribution in [3.05, 3.63) is 0 Å². The molecule has 1 fully saturated rings. The van der Waals surface area contributed by atoms with E-state index in [0.29, 0.717) is 6.42 Å². The normalized spacial score (nSPS) is 32.1. The molecule has 0 N–H and O–H groups in total. The molecule has 0 aromatic carbocycles. The summed E-state index contributed by atoms with van der Waals surface area (Å²) in [6.07, 6.45) is -2.42. The summed E-state index contributed by atoms with van der Waals surface area (Å²) >= 11 is 0. The Bertz CT molecular complexity index is 406. The van der Waals surface area contributed by atoms with Crippen LogP contribution in [0.25, 0.3) is 0 Å². The van der Waals surface area contributed by atoms with Gasteiger partial charge in [0.1, 0.15) is 6.10 Å². The second-order valence-electron chi connectivity index (χ2n) is 5.07. The minimum atomic E-state index is -1.09. The van der Waals surface area contributed by atoms with Gasteiger partial charge in [-0.3, -0.25) is 14.4 Å². The second kappa shape index (κ2) is 7.40. The van der Waals surface area contributed by atoms with Crippen molar-refractivity contribution in [3.63, 3.8) is 0 Å². The molecule has 1 heterocycles. The van der Waals surface area contributed by atoms with E-state index >= 15 is 0 Å². The minimum absolute atomic E-state index is 0.199. The molecule has 1 saturated heterocycles. The highest BCUT2D eigenvalue weighted by molar-refractivity contribution is 5.68. The summed E-state index contributed by atoms with van der Waals surface area (Å²) in [4.78, 5) is 33.8. The number of rotatable bonds is 4. The molecule has 0 aromatic heterocycles. The van der Waals surface area contributed by atoms with Crippen LogP contribution in [0.15, 0.2) is 0 Å². The van der Waals surface area contributed by atoms with Gasteiger partial charge in [0.15, 0.2) is 0 Å². The Kier molecular flexibility index (Phi) is 6.14. The highest BCUT2D eigenvalue weighted by Crippen LogP contribution is 2.32. The molecule has 1 rings (SSSR count). The van der Waals surface area contributed by atoms with Crippen LogP contribution < -0.4 is 0 Å². The quantitative estimate of drug-likeness (QED) is 0.569. The van der Waals surface area contributed by atoms with Gasteiger partial charge in [-0.15, -0.1) is 0 Å². The van der Waals surface area contributed by atoms with Crippen molar-refractivity contribution in [2.24, 2.45) is 5.92 Å². The largest absolute Gasteiger partial charge is 0.458 e. The molecular weight excluding hydrogens is 280 g/mol. The molecule has 5 atom stereocenters. The average molecular weight is 302 g/mol. The number of hydrogen-bond acceptors (Lipinski definition) is 7. The summed E-state index contributed by atoms with van der Waals surface area (Å²) in [5.41, 5.74) is 0. The highest BCUT2D eigenvalue weighted by Gasteiger charge is 2.48. The summed E-state index contributed by atoms with van der Waals surface area (Å²) in [5.74, 6) is -1.83. The molecule has 1 aliphatic rings. The van der Waals surface area contributed by atoms with Gasteiger partial charge >= 0.3 is 17.9 Å². The van der Waals surface area contributed by atoms with E-state index in [4.69, 9.17) is 18.9 Å². The fourth-order valence-corrected chi connectivity index (χ4v) is 2.45. The van der Waals surface area contributed by atoms with Crippen LogP contribution in [-0.2, 0) is 33.3 Å². The zero-order valence-corrected chi connectivity index (χ0v) is 13.0. The Balaban J connectivity index is 3.05. The highest BCUT2D eigenvalue weighted by atomic mass is 16.7. The maximum absolute atomic E-state index is 11.3. The number of carbonyl (C=O) groups is 3. The van der Waals surface area contributed by atoms with Gasteiger partial charge in [-0.2, -0.15) is 0 Å². The predicted octanol–water partition coefficient (Wildman–Crippen LogP) is 1.18. The van der Waals surface area contributed by atoms with E-state index in [1.807, 2.05) is 13.8 Å². The van der Waals surface area contributed by atoms with Gasteiger partial charge in [0.05, 0.1) is 6.10 Å². The van der Waals surface area contributed by atoms with E-state index in [9.17, 15) is 14.4 Å². The second-order valence-corrected chi connectivity index (χ2v) is 5.07. The van der Waals surface area contributed by atoms with E-state index in [1.54, 1.807) is 0 Å². The number of ether oxygens (including phenoxy) is 4. The van der Waals surface area contributed by atoms with Crippen LogP contribution in [0.5, 0.6) is 0 Å². The van der Waals surface area contributed by atoms with Crippen LogP contribution in [-0.4, -0.2) is 42.5 Å². The smallest absolute Gasteiger partial charge is 0.305 e. The van der Waals surface area contributed by atoms with Crippen LogP contribution in [0, 0.1) is 5.92 Å². The lowest BCUT2D eigenvalue weighted by Crippen LogP contribution is -2.57. The first-order valence-corrected chi connectivity index (χ1v) is 6.93. The maximum Gasteiger partial charge on any atom is 0.305 e. The molecule has 0 bridgehead atoms. The zero-order chi connectivity index (χ0) is 16.2. The van der Waals surface area contributed by atoms with Crippen LogP contribution in [0.1, 0.15) is 41.0 Å². The molecule has 120 valence electrons. The Hall–Kier alpha value is -1.63. The van der Waals surface area contributed by atoms with Crippen molar-refractivity contribution in [1.29, 1.82) is 0 Å². The minimum Gasteiger partial charge on any atom is -0.458 e. The third-order valence-corrected chi connectivity index (χ3v) is 3.29. The predicted molar refractivity (Wildman–Crippen MR) is 71.0 cm³/mol. The van der Waals surface area contributed by atoms with Crippen molar-refractivity contribution in [2.45, 2.75) is 65.6 Å². The summed E-state index contributed by atoms with van der Waals surface area (Å²) < 4.78 is 21.2. The first kappa shape index (κ1) is 17.4. The van der Waals surface area contributed by atoms with Crippen molar-refractivity contribution < 1.29 is 33.3 Å². The van der Waals surface area contributed by atoms with Gasteiger partial charge in [-0.05, 0) is 6.42 Å². The number of carbonyl (C=O) groups excluding carboxylic acids is 3. The van der Waals surface area contributed by atoms with Gasteiger partial charge in [0.2, 0.25) is 12.4 Å². The average Bonchev–Trinajstić information content (AvgIpc) is 2.35. The first-order chi connectivity index (χ1) is 9.76. The van der Waals surface area contributed by atoms with Gasteiger partial charge in [0.25, 0.3) is 0 Å². The topological polar surface area (TPSA) is 88.1 Å². The van der Waals surface area contributed by atoms with E-state index < -0.39 is 36.4 Å². The molecule has 7 heteroatoms. The molecule has 0 spiro atoms. The Morgan fingerprint density at radius 3 is 1.81 bits per heavy atom. The molecule has 0 saturated carbocycles. The third-order valence-electron chi connectivity index (χ3n) is 3.29. The Labute approximate surface area is 123 Å². The monoisotopic (exact) mass is 302 g/mol. The molecule has 0 radical (unpaired) electrons. The van der Waals surface area contributed by atoms with Crippen molar-refractivity contribution in [1.82, 2.24) is 0 Å². The number of hydrogen-bond donors (Lipinski definition) is 0. The summed E-state index contributed by atoms with van der Waals surface area (Å²) in [6, 6.07) is 0. The van der Waals surface area contributed by atoms with Crippen LogP contribution in [0.3, 0.4) is 0 Å². The lowest BCUT2D eigenvalue weighted by molar-refractivity contribution is -0.281. The zero-order valence-electron chi connectivity index (χ0n) is 13.0. The Morgan fingerprint density at radius 1 is 0.905 bits per heavy atom. The molecule has 0 unspecified atom stereocenters. The van der Waals surface area contributed by atoms with Gasteiger partial charge < -0.3 is 18.9 Å². The fraction of sp³-hybridized carbons (Fsp3) is 0.786. The lowest BCUT2D eigenvalue weighted by atomic mass is 9.89. The standard InChI is InChI=1S/C14H22O7/c1-6-11-7(2)12(18-8(3)15)13(19-9(4)16)14(21-11)20-10(5)17/h7,11-14H,6H2,1-5H3/t7-,11-,12+,13-,14-/m0/s1. The molecule has 1 aliphatic heterocycles. The molecule has 7 nitrogen and oxygen atoms in total. The SMILES string of the molecule is CC[C@@H]1O[C@H](OC(C)=O)[C@@H](OC(C)=O)[C@H](OC(C)=O)[C@H]1C. The van der Waals surface area contributed by atoms with Crippen molar-refractivity contribution in [3.8, 4) is 0 Å². The first-order valence-electron chi connectivity index (χ1n) is 6.93. The lowest BCUT2D eigenvalue weighted by Gasteiger charge is -2.43. The van der Waals surface area contributed by atoms with Crippen LogP contribution >= 0.6 is 0 Å². The summed E-state index contributed by atoms with van der Waals surface area (Å²) in [7, 11) is 0. The third kappa shape index (κ3) is 4.70. The molecule has 0 aliphatic carbocycles. The van der Waals surface area contributed by atoms with E-state index in [2.05, 4.69) is 0 Å². The van der Waals surface area contributed by atoms with Crippen molar-refractivity contribution in [2.75, 3.05) is 0 Å². The maximum atomic E-state index is 11.3. The number of esters is 3. The van der Waals surface area contributed by atoms with E-state index in [1.165, 1.54) is 20.8 Å². The van der Waals surface area contributed by atoms with Gasteiger partial charge in [0, 0.05) is 26.7 Å². The molecule has 21 heavy (non-hydrogen) atoms. The molecule has 0 aromatic rings. The van der Waals surface area contributed by atoms with Gasteiger partial charge in [-0.25, -0.2) is 0 Å². The van der Waals surface area contributed by atoms with E-state index in [-0.39, 0.29) is 12.0 Å². The van der Waals surface area contributed by atoms with Crippen molar-refractivity contribution >= 4 is 17.9 Å². The van der Waals surface area contributed by atoms with Crippen LogP contribution in [0.2, 0.25) is 0 Å². The van der Waals surface area contributed by atoms with Crippen LogP contribution in [0.4, 0.5) is 0 Å². The fourth-order valence-electron chi connectivity index (χ4n) is 2.45. The Morgan fingerprint density at radius 2 is 1.38 bits per heavy atom. The molecule has 0 amide bonds. The van der Waals surface area contributed by atoms with E-state index in [0.717, 1.165) is 0 Å². The van der Waals surface area contributed by atoms with Gasteiger partial charge in [-0.1, -0.05) is 13.8 Å².